The molecule has 1 atom stereocenters. The van der Waals surface area contributed by atoms with Crippen LogP contribution in [0.1, 0.15) is 30.1 Å². The Kier molecular flexibility index (Phi) is 4.51. The van der Waals surface area contributed by atoms with Crippen molar-refractivity contribution in [3.63, 3.8) is 0 Å². The summed E-state index contributed by atoms with van der Waals surface area (Å²) in [5.41, 5.74) is 2.01. The minimum absolute atomic E-state index is 0.170. The summed E-state index contributed by atoms with van der Waals surface area (Å²) >= 11 is 0. The molecule has 0 N–H and O–H groups in total. The molecule has 1 saturated heterocycles. The van der Waals surface area contributed by atoms with Crippen molar-refractivity contribution in [3.8, 4) is 5.69 Å². The van der Waals surface area contributed by atoms with Gasteiger partial charge in [-0.1, -0.05) is 12.1 Å². The van der Waals surface area contributed by atoms with E-state index in [1.165, 1.54) is 0 Å². The van der Waals surface area contributed by atoms with Crippen LogP contribution in [-0.4, -0.2) is 48.4 Å². The minimum atomic E-state index is 0.170. The van der Waals surface area contributed by atoms with Crippen molar-refractivity contribution in [2.75, 3.05) is 13.1 Å². The molecule has 0 unspecified atom stereocenters. The van der Waals surface area contributed by atoms with Crippen molar-refractivity contribution in [3.05, 3.63) is 60.4 Å². The van der Waals surface area contributed by atoms with Crippen LogP contribution in [0.15, 0.2) is 49.1 Å². The third-order valence-corrected chi connectivity index (χ3v) is 4.95. The Morgan fingerprint density at radius 3 is 2.81 bits per heavy atom. The maximum absolute atomic E-state index is 12.7. The van der Waals surface area contributed by atoms with Crippen molar-refractivity contribution in [1.29, 1.82) is 0 Å². The van der Waals surface area contributed by atoms with Gasteiger partial charge in [0.2, 0.25) is 5.91 Å². The predicted octanol–water partition coefficient (Wildman–Crippen LogP) is 1.95. The molecule has 7 nitrogen and oxygen atoms in total. The maximum atomic E-state index is 12.7. The number of amides is 1. The van der Waals surface area contributed by atoms with E-state index < -0.39 is 0 Å². The van der Waals surface area contributed by atoms with E-state index >= 15 is 0 Å². The summed E-state index contributed by atoms with van der Waals surface area (Å²) in [6, 6.07) is 9.88. The molecule has 3 aromatic rings. The van der Waals surface area contributed by atoms with E-state index in [4.69, 9.17) is 0 Å². The van der Waals surface area contributed by atoms with Crippen LogP contribution < -0.4 is 0 Å². The fourth-order valence-corrected chi connectivity index (χ4v) is 3.55. The van der Waals surface area contributed by atoms with E-state index in [9.17, 15) is 4.79 Å². The molecule has 1 aliphatic rings. The number of aromatic nitrogens is 5. The fourth-order valence-electron chi connectivity index (χ4n) is 3.55. The van der Waals surface area contributed by atoms with Crippen molar-refractivity contribution >= 4 is 5.91 Å². The maximum Gasteiger partial charge on any atom is 0.227 e. The van der Waals surface area contributed by atoms with Crippen LogP contribution in [0.5, 0.6) is 0 Å². The quantitative estimate of drug-likeness (QED) is 0.721. The zero-order chi connectivity index (χ0) is 17.9. The van der Waals surface area contributed by atoms with Gasteiger partial charge in [0.05, 0.1) is 12.1 Å². The molecular weight excluding hydrogens is 328 g/mol. The average molecular weight is 350 g/mol. The van der Waals surface area contributed by atoms with Gasteiger partial charge in [0.15, 0.2) is 0 Å². The van der Waals surface area contributed by atoms with E-state index in [2.05, 4.69) is 15.3 Å². The first-order valence-electron chi connectivity index (χ1n) is 8.91. The monoisotopic (exact) mass is 350 g/mol. The molecule has 26 heavy (non-hydrogen) atoms. The van der Waals surface area contributed by atoms with Gasteiger partial charge in [0.1, 0.15) is 12.2 Å². The zero-order valence-corrected chi connectivity index (χ0v) is 14.8. The van der Waals surface area contributed by atoms with Crippen molar-refractivity contribution in [2.24, 2.45) is 7.05 Å². The highest BCUT2D eigenvalue weighted by molar-refractivity contribution is 5.79. The van der Waals surface area contributed by atoms with E-state index in [1.54, 1.807) is 12.5 Å². The van der Waals surface area contributed by atoms with Gasteiger partial charge in [-0.05, 0) is 36.6 Å². The molecule has 1 aliphatic heterocycles. The topological polar surface area (TPSA) is 68.8 Å². The molecule has 2 aromatic heterocycles. The Morgan fingerprint density at radius 1 is 1.27 bits per heavy atom. The molecule has 1 fully saturated rings. The second-order valence-electron chi connectivity index (χ2n) is 6.77. The molecule has 7 heteroatoms. The lowest BCUT2D eigenvalue weighted by Gasteiger charge is -2.32. The molecule has 134 valence electrons. The number of aryl methyl sites for hydroxylation is 1. The number of hydrogen-bond donors (Lipinski definition) is 0. The van der Waals surface area contributed by atoms with Gasteiger partial charge in [-0.25, -0.2) is 4.68 Å². The van der Waals surface area contributed by atoms with Crippen LogP contribution in [0.3, 0.4) is 0 Å². The predicted molar refractivity (Wildman–Crippen MR) is 96.8 cm³/mol. The highest BCUT2D eigenvalue weighted by Crippen LogP contribution is 2.25. The summed E-state index contributed by atoms with van der Waals surface area (Å²) in [7, 11) is 1.96. The SMILES string of the molecule is Cn1cnnc1[C@@H]1CCCN(C(=O)Cc2ccc(-n3cccn3)cc2)C1. The molecule has 1 amide bonds. The molecule has 1 aromatic carbocycles. The first kappa shape index (κ1) is 16.5. The number of carbonyl (C=O) groups excluding carboxylic acids is 1. The fraction of sp³-hybridized carbons (Fsp3) is 0.368. The Morgan fingerprint density at radius 2 is 2.12 bits per heavy atom. The molecule has 0 saturated carbocycles. The van der Waals surface area contributed by atoms with E-state index in [1.807, 2.05) is 57.7 Å². The first-order chi connectivity index (χ1) is 12.7. The lowest BCUT2D eigenvalue weighted by molar-refractivity contribution is -0.131. The van der Waals surface area contributed by atoms with Crippen molar-refractivity contribution < 1.29 is 4.79 Å². The lowest BCUT2D eigenvalue weighted by Crippen LogP contribution is -2.40. The summed E-state index contributed by atoms with van der Waals surface area (Å²) in [6.45, 7) is 1.54. The van der Waals surface area contributed by atoms with Crippen LogP contribution in [0.4, 0.5) is 0 Å². The first-order valence-corrected chi connectivity index (χ1v) is 8.91. The molecule has 0 aliphatic carbocycles. The number of carbonyl (C=O) groups is 1. The summed E-state index contributed by atoms with van der Waals surface area (Å²) in [4.78, 5) is 14.7. The Bertz CT molecular complexity index is 868. The Labute approximate surface area is 152 Å². The zero-order valence-electron chi connectivity index (χ0n) is 14.8. The van der Waals surface area contributed by atoms with Crippen LogP contribution in [0, 0.1) is 0 Å². The number of benzene rings is 1. The lowest BCUT2D eigenvalue weighted by atomic mass is 9.96. The van der Waals surface area contributed by atoms with Gasteiger partial charge in [-0.3, -0.25) is 4.79 Å². The van der Waals surface area contributed by atoms with Gasteiger partial charge in [-0.15, -0.1) is 10.2 Å². The molecular formula is C19H22N6O. The van der Waals surface area contributed by atoms with E-state index in [0.717, 1.165) is 43.0 Å². The molecule has 0 spiro atoms. The normalized spacial score (nSPS) is 17.4. The Hall–Kier alpha value is -2.96. The van der Waals surface area contributed by atoms with Crippen molar-refractivity contribution in [2.45, 2.75) is 25.2 Å². The highest BCUT2D eigenvalue weighted by Gasteiger charge is 2.27. The molecule has 0 radical (unpaired) electrons. The van der Waals surface area contributed by atoms with Crippen LogP contribution in [-0.2, 0) is 18.3 Å². The number of likely N-dealkylation sites (tertiary alicyclic amines) is 1. The van der Waals surface area contributed by atoms with Gasteiger partial charge in [0.25, 0.3) is 0 Å². The van der Waals surface area contributed by atoms with Crippen LogP contribution in [0.25, 0.3) is 5.69 Å². The van der Waals surface area contributed by atoms with Gasteiger partial charge < -0.3 is 9.47 Å². The molecule has 4 rings (SSSR count). The summed E-state index contributed by atoms with van der Waals surface area (Å²) < 4.78 is 3.76. The van der Waals surface area contributed by atoms with Gasteiger partial charge >= 0.3 is 0 Å². The standard InChI is InChI=1S/C19H22N6O/c1-23-14-20-22-19(23)16-4-2-10-24(13-16)18(26)12-15-5-7-17(8-6-15)25-11-3-9-21-25/h3,5-9,11,14,16H,2,4,10,12-13H2,1H3/t16-/m1/s1. The summed E-state index contributed by atoms with van der Waals surface area (Å²) in [6.07, 6.45) is 7.85. The summed E-state index contributed by atoms with van der Waals surface area (Å²) in [5.74, 6) is 1.40. The average Bonchev–Trinajstić information content (AvgIpc) is 3.34. The largest absolute Gasteiger partial charge is 0.342 e. The molecule has 3 heterocycles. The van der Waals surface area contributed by atoms with Gasteiger partial charge in [-0.2, -0.15) is 5.10 Å². The van der Waals surface area contributed by atoms with E-state index in [0.29, 0.717) is 6.42 Å². The third-order valence-electron chi connectivity index (χ3n) is 4.95. The highest BCUT2D eigenvalue weighted by atomic mass is 16.2. The number of hydrogen-bond acceptors (Lipinski definition) is 4. The second kappa shape index (κ2) is 7.11. The summed E-state index contributed by atoms with van der Waals surface area (Å²) in [5, 5.41) is 12.4. The number of rotatable bonds is 4. The number of piperidine rings is 1. The van der Waals surface area contributed by atoms with Crippen molar-refractivity contribution in [1.82, 2.24) is 29.4 Å². The van der Waals surface area contributed by atoms with Crippen LogP contribution >= 0.6 is 0 Å². The second-order valence-corrected chi connectivity index (χ2v) is 6.77. The smallest absolute Gasteiger partial charge is 0.227 e. The third kappa shape index (κ3) is 3.37. The number of nitrogens with zero attached hydrogens (tertiary/aromatic N) is 6. The minimum Gasteiger partial charge on any atom is -0.342 e. The van der Waals surface area contributed by atoms with Gasteiger partial charge in [0, 0.05) is 38.4 Å². The molecule has 0 bridgehead atoms. The Balaban J connectivity index is 1.40. The van der Waals surface area contributed by atoms with Crippen LogP contribution in [0.2, 0.25) is 0 Å². The van der Waals surface area contributed by atoms with E-state index in [-0.39, 0.29) is 11.8 Å².